The lowest BCUT2D eigenvalue weighted by Crippen LogP contribution is -3.13. The molecule has 1 unspecified atom stereocenters. The van der Waals surface area contributed by atoms with E-state index < -0.39 is 0 Å². The van der Waals surface area contributed by atoms with Crippen LogP contribution < -0.4 is 4.90 Å². The van der Waals surface area contributed by atoms with E-state index in [4.69, 9.17) is 17.0 Å². The third kappa shape index (κ3) is 3.19. The molecule has 2 atom stereocenters. The smallest absolute Gasteiger partial charge is 0.314 e. The molecule has 1 fully saturated rings. The van der Waals surface area contributed by atoms with Crippen molar-refractivity contribution in [2.45, 2.75) is 26.4 Å². The molecule has 0 bridgehead atoms. The quantitative estimate of drug-likeness (QED) is 0.681. The number of quaternary nitrogens is 1. The molecule has 1 N–H and O–H groups in total. The molecule has 1 aromatic heterocycles. The summed E-state index contributed by atoms with van der Waals surface area (Å²) >= 11 is 5.61. The van der Waals surface area contributed by atoms with Crippen LogP contribution in [-0.4, -0.2) is 34.8 Å². The van der Waals surface area contributed by atoms with Crippen molar-refractivity contribution in [3.63, 3.8) is 0 Å². The minimum Gasteiger partial charge on any atom is -0.466 e. The minimum absolute atomic E-state index is 0.0165. The summed E-state index contributed by atoms with van der Waals surface area (Å²) in [5.41, 5.74) is 2.31. The third-order valence-corrected chi connectivity index (χ3v) is 5.17. The molecule has 5 nitrogen and oxygen atoms in total. The van der Waals surface area contributed by atoms with Crippen LogP contribution >= 0.6 is 12.2 Å². The molecule has 0 aliphatic carbocycles. The van der Waals surface area contributed by atoms with E-state index in [2.05, 4.69) is 21.3 Å². The summed E-state index contributed by atoms with van der Waals surface area (Å²) in [6, 6.07) is 8.28. The average molecular weight is 334 g/mol. The second-order valence-electron chi connectivity index (χ2n) is 6.21. The SMILES string of the molecule is CCOC(=O)[C@H]1CCC[NH+](Cn2c(=S)n(C)c3ccccc32)C1. The fourth-order valence-electron chi connectivity index (χ4n) is 3.50. The summed E-state index contributed by atoms with van der Waals surface area (Å²) in [6.07, 6.45) is 1.99. The largest absolute Gasteiger partial charge is 0.466 e. The van der Waals surface area contributed by atoms with Crippen molar-refractivity contribution in [3.05, 3.63) is 29.0 Å². The number of esters is 1. The molecule has 124 valence electrons. The van der Waals surface area contributed by atoms with Crippen LogP contribution in [0.1, 0.15) is 19.8 Å². The number of nitrogens with zero attached hydrogens (tertiary/aromatic N) is 2. The highest BCUT2D eigenvalue weighted by molar-refractivity contribution is 7.71. The molecule has 0 amide bonds. The Hall–Kier alpha value is -1.66. The maximum absolute atomic E-state index is 12.0. The Morgan fingerprint density at radius 1 is 1.39 bits per heavy atom. The Bertz CT molecular complexity index is 765. The Morgan fingerprint density at radius 3 is 2.87 bits per heavy atom. The van der Waals surface area contributed by atoms with Gasteiger partial charge in [0.05, 0.1) is 30.7 Å². The Balaban J connectivity index is 1.81. The number of hydrogen-bond acceptors (Lipinski definition) is 3. The first-order valence-electron chi connectivity index (χ1n) is 8.26. The summed E-state index contributed by atoms with van der Waals surface area (Å²) in [5, 5.41) is 0. The van der Waals surface area contributed by atoms with Gasteiger partial charge < -0.3 is 14.2 Å². The van der Waals surface area contributed by atoms with Gasteiger partial charge >= 0.3 is 5.97 Å². The third-order valence-electron chi connectivity index (χ3n) is 4.67. The van der Waals surface area contributed by atoms with Crippen molar-refractivity contribution in [2.24, 2.45) is 13.0 Å². The number of carbonyl (C=O) groups excluding carboxylic acids is 1. The summed E-state index contributed by atoms with van der Waals surface area (Å²) in [7, 11) is 2.01. The number of fused-ring (bicyclic) bond motifs is 1. The number of ether oxygens (including phenoxy) is 1. The standard InChI is InChI=1S/C17H23N3O2S/c1-3-22-16(21)13-7-6-10-19(11-13)12-20-15-9-5-4-8-14(15)18(2)17(20)23/h4-5,8-9,13H,3,6-7,10-12H2,1-2H3/p+1/t13-/m0/s1. The van der Waals surface area contributed by atoms with E-state index in [1.165, 1.54) is 4.90 Å². The van der Waals surface area contributed by atoms with Gasteiger partial charge in [-0.3, -0.25) is 9.36 Å². The van der Waals surface area contributed by atoms with E-state index in [0.717, 1.165) is 48.4 Å². The summed E-state index contributed by atoms with van der Waals surface area (Å²) in [4.78, 5) is 13.4. The maximum Gasteiger partial charge on any atom is 0.314 e. The van der Waals surface area contributed by atoms with Crippen molar-refractivity contribution >= 4 is 29.2 Å². The minimum atomic E-state index is -0.0498. The number of piperidine rings is 1. The van der Waals surface area contributed by atoms with Gasteiger partial charge in [0.15, 0.2) is 11.4 Å². The van der Waals surface area contributed by atoms with Crippen LogP contribution in [0, 0.1) is 10.7 Å². The zero-order chi connectivity index (χ0) is 16.4. The molecular weight excluding hydrogens is 310 g/mol. The number of aromatic nitrogens is 2. The van der Waals surface area contributed by atoms with Crippen LogP contribution in [0.3, 0.4) is 0 Å². The zero-order valence-corrected chi connectivity index (χ0v) is 14.6. The highest BCUT2D eigenvalue weighted by atomic mass is 32.1. The highest BCUT2D eigenvalue weighted by Gasteiger charge is 2.30. The first kappa shape index (κ1) is 16.2. The number of likely N-dealkylation sites (tertiary alicyclic amines) is 1. The summed E-state index contributed by atoms with van der Waals surface area (Å²) in [6.45, 7) is 5.01. The summed E-state index contributed by atoms with van der Waals surface area (Å²) in [5.74, 6) is -0.0333. The van der Waals surface area contributed by atoms with E-state index >= 15 is 0 Å². The second-order valence-corrected chi connectivity index (χ2v) is 6.58. The van der Waals surface area contributed by atoms with Gasteiger partial charge in [-0.1, -0.05) is 12.1 Å². The lowest BCUT2D eigenvalue weighted by atomic mass is 9.98. The van der Waals surface area contributed by atoms with Crippen LogP contribution in [0.25, 0.3) is 11.0 Å². The van der Waals surface area contributed by atoms with Crippen molar-refractivity contribution in [3.8, 4) is 0 Å². The molecule has 1 aromatic carbocycles. The van der Waals surface area contributed by atoms with E-state index in [0.29, 0.717) is 6.61 Å². The first-order chi connectivity index (χ1) is 11.1. The van der Waals surface area contributed by atoms with Crippen LogP contribution in [0.4, 0.5) is 0 Å². The molecule has 2 heterocycles. The lowest BCUT2D eigenvalue weighted by Gasteiger charge is -2.28. The van der Waals surface area contributed by atoms with Gasteiger partial charge in [-0.25, -0.2) is 0 Å². The number of nitrogens with one attached hydrogen (secondary N) is 1. The van der Waals surface area contributed by atoms with Gasteiger partial charge in [0.1, 0.15) is 5.92 Å². The maximum atomic E-state index is 12.0. The van der Waals surface area contributed by atoms with Gasteiger partial charge in [-0.2, -0.15) is 0 Å². The molecule has 6 heteroatoms. The van der Waals surface area contributed by atoms with E-state index in [-0.39, 0.29) is 11.9 Å². The fourth-order valence-corrected chi connectivity index (χ4v) is 3.76. The highest BCUT2D eigenvalue weighted by Crippen LogP contribution is 2.16. The predicted octanol–water partition coefficient (Wildman–Crippen LogP) is 1.52. The van der Waals surface area contributed by atoms with Crippen molar-refractivity contribution < 1.29 is 14.4 Å². The average Bonchev–Trinajstić information content (AvgIpc) is 2.81. The number of benzene rings is 1. The molecule has 3 rings (SSSR count). The molecule has 1 saturated heterocycles. The van der Waals surface area contributed by atoms with Crippen molar-refractivity contribution in [1.29, 1.82) is 0 Å². The molecule has 0 spiro atoms. The number of imidazole rings is 1. The zero-order valence-electron chi connectivity index (χ0n) is 13.7. The second kappa shape index (κ2) is 6.84. The van der Waals surface area contributed by atoms with Crippen LogP contribution in [0.5, 0.6) is 0 Å². The topological polar surface area (TPSA) is 40.6 Å². The Morgan fingerprint density at radius 2 is 2.13 bits per heavy atom. The molecule has 1 aliphatic rings. The monoisotopic (exact) mass is 334 g/mol. The van der Waals surface area contributed by atoms with E-state index in [1.807, 2.05) is 26.1 Å². The van der Waals surface area contributed by atoms with Gasteiger partial charge in [0.2, 0.25) is 0 Å². The predicted molar refractivity (Wildman–Crippen MR) is 91.8 cm³/mol. The van der Waals surface area contributed by atoms with Gasteiger partial charge in [0.25, 0.3) is 0 Å². The van der Waals surface area contributed by atoms with Crippen molar-refractivity contribution in [1.82, 2.24) is 9.13 Å². The number of para-hydroxylation sites is 2. The van der Waals surface area contributed by atoms with Gasteiger partial charge in [0, 0.05) is 7.05 Å². The van der Waals surface area contributed by atoms with E-state index in [1.54, 1.807) is 0 Å². The summed E-state index contributed by atoms with van der Waals surface area (Å²) < 4.78 is 10.3. The molecule has 1 aliphatic heterocycles. The number of aryl methyl sites for hydroxylation is 1. The molecule has 0 saturated carbocycles. The molecule has 2 aromatic rings. The first-order valence-corrected chi connectivity index (χ1v) is 8.67. The Kier molecular flexibility index (Phi) is 4.82. The number of hydrogen-bond donors (Lipinski definition) is 1. The van der Waals surface area contributed by atoms with E-state index in [9.17, 15) is 4.79 Å². The van der Waals surface area contributed by atoms with Crippen LogP contribution in [0.2, 0.25) is 0 Å². The molecule has 0 radical (unpaired) electrons. The lowest BCUT2D eigenvalue weighted by molar-refractivity contribution is -0.929. The normalized spacial score (nSPS) is 21.5. The van der Waals surface area contributed by atoms with Crippen LogP contribution in [-0.2, 0) is 23.2 Å². The van der Waals surface area contributed by atoms with Crippen LogP contribution in [0.15, 0.2) is 24.3 Å². The number of rotatable bonds is 4. The molecular formula is C17H24N3O2S+. The Labute approximate surface area is 141 Å². The fraction of sp³-hybridized carbons (Fsp3) is 0.529. The van der Waals surface area contributed by atoms with Gasteiger partial charge in [-0.15, -0.1) is 0 Å². The molecule has 23 heavy (non-hydrogen) atoms. The van der Waals surface area contributed by atoms with Crippen molar-refractivity contribution in [2.75, 3.05) is 19.7 Å². The number of carbonyl (C=O) groups is 1. The van der Waals surface area contributed by atoms with Gasteiger partial charge in [-0.05, 0) is 44.1 Å².